The monoisotopic (exact) mass is 923 g/mol. The third kappa shape index (κ3) is 13.5. The van der Waals surface area contributed by atoms with Crippen molar-refractivity contribution in [3.8, 4) is 0 Å². The molecule has 0 spiro atoms. The lowest BCUT2D eigenvalue weighted by Crippen LogP contribution is -2.34. The predicted octanol–water partition coefficient (Wildman–Crippen LogP) is 13.9. The normalized spacial score (nSPS) is 11.6. The van der Waals surface area contributed by atoms with Crippen LogP contribution in [0.1, 0.15) is 133 Å². The Morgan fingerprint density at radius 3 is 0.882 bits per heavy atom. The van der Waals surface area contributed by atoms with E-state index in [4.69, 9.17) is 4.74 Å². The molecule has 0 bridgehead atoms. The maximum absolute atomic E-state index is 13.4. The second-order valence-corrected chi connectivity index (χ2v) is 19.8. The average molecular weight is 923 g/mol. The molecule has 0 fully saturated rings. The lowest BCUT2D eigenvalue weighted by molar-refractivity contribution is -0.131. The van der Waals surface area contributed by atoms with Gasteiger partial charge in [0.2, 0.25) is 11.8 Å². The van der Waals surface area contributed by atoms with E-state index in [0.717, 1.165) is 104 Å². The summed E-state index contributed by atoms with van der Waals surface area (Å²) in [7, 11) is 7.17. The van der Waals surface area contributed by atoms with Crippen LogP contribution in [-0.4, -0.2) is 82.5 Å². The van der Waals surface area contributed by atoms with Gasteiger partial charge in [0.05, 0.1) is 0 Å². The standard InChI is InChI=1S/C58H74N4O6/c1-58(2,3)68-57(67)62(7)41-53-48-34-26-22-30-44(48)51(45-31-23-27-35-49(45)53)39-60(5)55(64)37-19-17-15-13-11-9-8-10-12-14-16-18-36-54(63)59(4)38-50-42-28-20-24-32-46(42)52(40-61(6)56(65)66)47-33-25-21-29-43(47)50/h20-35H,8-19,36-41H2,1-7H3,(H,65,66). The number of carboxylic acid groups (broad SMARTS) is 1. The highest BCUT2D eigenvalue weighted by Gasteiger charge is 2.23. The Hall–Kier alpha value is -6.16. The fourth-order valence-electron chi connectivity index (χ4n) is 9.60. The van der Waals surface area contributed by atoms with Gasteiger partial charge in [-0.05, 0) is 99.0 Å². The Bertz CT molecular complexity index is 2570. The van der Waals surface area contributed by atoms with E-state index < -0.39 is 11.7 Å². The Labute approximate surface area is 404 Å². The Morgan fingerprint density at radius 2 is 0.632 bits per heavy atom. The smallest absolute Gasteiger partial charge is 0.410 e. The number of carbonyl (C=O) groups is 4. The minimum Gasteiger partial charge on any atom is -0.465 e. The molecule has 6 aromatic rings. The zero-order valence-corrected chi connectivity index (χ0v) is 41.7. The van der Waals surface area contributed by atoms with Gasteiger partial charge in [-0.25, -0.2) is 9.59 Å². The minimum absolute atomic E-state index is 0.150. The van der Waals surface area contributed by atoms with Crippen LogP contribution < -0.4 is 0 Å². The molecule has 0 atom stereocenters. The molecule has 0 aliphatic carbocycles. The van der Waals surface area contributed by atoms with E-state index in [1.807, 2.05) is 93.2 Å². The molecular formula is C58H74N4O6. The van der Waals surface area contributed by atoms with Crippen LogP contribution in [0.3, 0.4) is 0 Å². The van der Waals surface area contributed by atoms with Crippen LogP contribution in [0.15, 0.2) is 97.1 Å². The number of hydrogen-bond acceptors (Lipinski definition) is 5. The van der Waals surface area contributed by atoms with Crippen molar-refractivity contribution in [3.63, 3.8) is 0 Å². The molecule has 6 aromatic carbocycles. The maximum atomic E-state index is 13.4. The molecule has 68 heavy (non-hydrogen) atoms. The van der Waals surface area contributed by atoms with E-state index in [0.29, 0.717) is 32.5 Å². The summed E-state index contributed by atoms with van der Waals surface area (Å²) in [4.78, 5) is 58.0. The molecule has 0 radical (unpaired) electrons. The lowest BCUT2D eigenvalue weighted by atomic mass is 9.91. The van der Waals surface area contributed by atoms with Gasteiger partial charge in [0.1, 0.15) is 5.60 Å². The third-order valence-corrected chi connectivity index (χ3v) is 13.3. The van der Waals surface area contributed by atoms with Crippen LogP contribution in [0.5, 0.6) is 0 Å². The average Bonchev–Trinajstić information content (AvgIpc) is 3.32. The van der Waals surface area contributed by atoms with E-state index in [2.05, 4.69) is 48.5 Å². The van der Waals surface area contributed by atoms with Crippen LogP contribution in [0.2, 0.25) is 0 Å². The first kappa shape index (κ1) is 51.2. The van der Waals surface area contributed by atoms with Crippen molar-refractivity contribution in [3.05, 3.63) is 119 Å². The van der Waals surface area contributed by atoms with Crippen molar-refractivity contribution in [1.29, 1.82) is 0 Å². The number of benzene rings is 6. The van der Waals surface area contributed by atoms with Crippen LogP contribution in [0.4, 0.5) is 9.59 Å². The highest BCUT2D eigenvalue weighted by molar-refractivity contribution is 6.07. The lowest BCUT2D eigenvalue weighted by Gasteiger charge is -2.26. The molecule has 4 amide bonds. The van der Waals surface area contributed by atoms with Crippen molar-refractivity contribution < 1.29 is 29.0 Å². The van der Waals surface area contributed by atoms with Crippen molar-refractivity contribution >= 4 is 67.1 Å². The molecule has 0 aliphatic heterocycles. The SMILES string of the molecule is CN(Cc1c2ccccc2c(CN(C)C(=O)CCCCCCCCCCCCCCC(=O)N(C)Cc2c3ccccc3c(CN(C)C(=O)OC(C)(C)C)c3ccccc23)c2ccccc12)C(=O)O. The van der Waals surface area contributed by atoms with E-state index in [1.54, 1.807) is 19.0 Å². The van der Waals surface area contributed by atoms with E-state index in [9.17, 15) is 24.3 Å². The molecule has 0 unspecified atom stereocenters. The van der Waals surface area contributed by atoms with Crippen molar-refractivity contribution in [2.75, 3.05) is 28.2 Å². The van der Waals surface area contributed by atoms with Crippen molar-refractivity contribution in [1.82, 2.24) is 19.6 Å². The summed E-state index contributed by atoms with van der Waals surface area (Å²) in [6.45, 7) is 7.33. The second-order valence-electron chi connectivity index (χ2n) is 19.8. The summed E-state index contributed by atoms with van der Waals surface area (Å²) in [6.07, 6.45) is 13.3. The number of carbonyl (C=O) groups excluding carboxylic acids is 3. The molecular weight excluding hydrogens is 849 g/mol. The highest BCUT2D eigenvalue weighted by Crippen LogP contribution is 2.36. The summed E-state index contributed by atoms with van der Waals surface area (Å²) < 4.78 is 5.66. The molecule has 0 heterocycles. The third-order valence-electron chi connectivity index (χ3n) is 13.3. The Morgan fingerprint density at radius 1 is 0.397 bits per heavy atom. The van der Waals surface area contributed by atoms with Gasteiger partial charge in [0.25, 0.3) is 0 Å². The zero-order valence-electron chi connectivity index (χ0n) is 41.7. The molecule has 0 aromatic heterocycles. The van der Waals surface area contributed by atoms with Gasteiger partial charge in [0.15, 0.2) is 0 Å². The molecule has 6 rings (SSSR count). The van der Waals surface area contributed by atoms with Crippen molar-refractivity contribution in [2.24, 2.45) is 0 Å². The fourth-order valence-corrected chi connectivity index (χ4v) is 9.60. The predicted molar refractivity (Wildman–Crippen MR) is 278 cm³/mol. The first-order valence-corrected chi connectivity index (χ1v) is 24.8. The molecule has 362 valence electrons. The van der Waals surface area contributed by atoms with E-state index in [1.165, 1.54) is 43.4 Å². The first-order chi connectivity index (χ1) is 32.6. The number of fused-ring (bicyclic) bond motifs is 4. The summed E-state index contributed by atoms with van der Waals surface area (Å²) >= 11 is 0. The molecule has 1 N–H and O–H groups in total. The van der Waals surface area contributed by atoms with Gasteiger partial charge in [-0.3, -0.25) is 9.59 Å². The number of ether oxygens (including phenoxy) is 1. The minimum atomic E-state index is -0.966. The highest BCUT2D eigenvalue weighted by atomic mass is 16.6. The van der Waals surface area contributed by atoms with Gasteiger partial charge >= 0.3 is 12.2 Å². The van der Waals surface area contributed by atoms with Crippen LogP contribution >= 0.6 is 0 Å². The summed E-state index contributed by atoms with van der Waals surface area (Å²) in [5.74, 6) is 0.314. The van der Waals surface area contributed by atoms with Crippen molar-refractivity contribution in [2.45, 2.75) is 142 Å². The van der Waals surface area contributed by atoms with Gasteiger partial charge in [-0.15, -0.1) is 0 Å². The summed E-state index contributed by atoms with van der Waals surface area (Å²) in [5.41, 5.74) is 3.68. The number of nitrogens with zero attached hydrogens (tertiary/aromatic N) is 4. The largest absolute Gasteiger partial charge is 0.465 e. The number of rotatable bonds is 23. The van der Waals surface area contributed by atoms with Crippen LogP contribution in [-0.2, 0) is 40.5 Å². The number of amides is 4. The number of hydrogen-bond donors (Lipinski definition) is 1. The Kier molecular flexibility index (Phi) is 18.2. The number of unbranched alkanes of at least 4 members (excludes halogenated alkanes) is 11. The molecule has 10 heteroatoms. The van der Waals surface area contributed by atoms with Gasteiger partial charge in [0, 0.05) is 67.2 Å². The summed E-state index contributed by atoms with van der Waals surface area (Å²) in [5, 5.41) is 18.1. The molecule has 0 saturated carbocycles. The van der Waals surface area contributed by atoms with E-state index in [-0.39, 0.29) is 24.5 Å². The summed E-state index contributed by atoms with van der Waals surface area (Å²) in [6, 6.07) is 32.9. The van der Waals surface area contributed by atoms with Crippen LogP contribution in [0.25, 0.3) is 43.1 Å². The van der Waals surface area contributed by atoms with Crippen LogP contribution in [0, 0.1) is 0 Å². The van der Waals surface area contributed by atoms with Gasteiger partial charge in [-0.2, -0.15) is 0 Å². The van der Waals surface area contributed by atoms with E-state index >= 15 is 0 Å². The second kappa shape index (κ2) is 24.2. The molecule has 0 aliphatic rings. The maximum Gasteiger partial charge on any atom is 0.410 e. The topological polar surface area (TPSA) is 111 Å². The van der Waals surface area contributed by atoms with Gasteiger partial charge < -0.3 is 29.4 Å². The Balaban J connectivity index is 0.858. The first-order valence-electron chi connectivity index (χ1n) is 24.8. The quantitative estimate of drug-likeness (QED) is 0.0506. The molecule has 0 saturated heterocycles. The fraction of sp³-hybridized carbons (Fsp3) is 0.448. The molecule has 10 nitrogen and oxygen atoms in total. The zero-order chi connectivity index (χ0) is 48.8. The van der Waals surface area contributed by atoms with Gasteiger partial charge in [-0.1, -0.05) is 161 Å².